The van der Waals surface area contributed by atoms with E-state index in [1.807, 2.05) is 95.2 Å². The average molecular weight is 433 g/mol. The zero-order chi connectivity index (χ0) is 24.4. The molecule has 170 valence electrons. The Morgan fingerprint density at radius 1 is 1.00 bits per heavy atom. The first-order chi connectivity index (χ1) is 15.0. The molecule has 1 rings (SSSR count). The fourth-order valence-electron chi connectivity index (χ4n) is 2.44. The van der Waals surface area contributed by atoms with Crippen LogP contribution in [0.1, 0.15) is 20.8 Å². The minimum Gasteiger partial charge on any atom is -0.378 e. The Labute approximate surface area is 193 Å². The second kappa shape index (κ2) is 12.3. The van der Waals surface area contributed by atoms with Crippen molar-refractivity contribution in [3.8, 4) is 0 Å². The van der Waals surface area contributed by atoms with E-state index in [9.17, 15) is 4.79 Å². The molecular formula is C27H36N4O. The molecule has 0 fully saturated rings. The van der Waals surface area contributed by atoms with Crippen molar-refractivity contribution in [2.45, 2.75) is 20.8 Å². The molecule has 0 aromatic heterocycles. The molecule has 0 heterocycles. The fraction of sp³-hybridized carbons (Fsp3) is 0.259. The molecule has 0 saturated heterocycles. The van der Waals surface area contributed by atoms with Crippen molar-refractivity contribution in [2.24, 2.45) is 4.99 Å². The van der Waals surface area contributed by atoms with Crippen molar-refractivity contribution in [2.75, 3.05) is 38.4 Å². The summed E-state index contributed by atoms with van der Waals surface area (Å²) in [5.74, 6) is -0.210. The van der Waals surface area contributed by atoms with E-state index in [-0.39, 0.29) is 5.91 Å². The maximum Gasteiger partial charge on any atom is 0.255 e. The van der Waals surface area contributed by atoms with Crippen LogP contribution in [0.15, 0.2) is 101 Å². The highest BCUT2D eigenvalue weighted by Crippen LogP contribution is 2.19. The Hall–Kier alpha value is -3.60. The predicted octanol–water partition coefficient (Wildman–Crippen LogP) is 5.75. The third kappa shape index (κ3) is 8.26. The highest BCUT2D eigenvalue weighted by Gasteiger charge is 2.10. The van der Waals surface area contributed by atoms with Crippen LogP contribution in [0, 0.1) is 0 Å². The van der Waals surface area contributed by atoms with E-state index in [4.69, 9.17) is 0 Å². The number of allylic oxidation sites excluding steroid dienone is 5. The van der Waals surface area contributed by atoms with Gasteiger partial charge in [-0.3, -0.25) is 9.79 Å². The first kappa shape index (κ1) is 26.4. The summed E-state index contributed by atoms with van der Waals surface area (Å²) in [7, 11) is 7.80. The number of benzene rings is 1. The summed E-state index contributed by atoms with van der Waals surface area (Å²) in [5, 5.41) is 2.93. The van der Waals surface area contributed by atoms with Crippen molar-refractivity contribution in [1.82, 2.24) is 4.90 Å². The monoisotopic (exact) mass is 432 g/mol. The number of aliphatic imine (C=N–C) groups is 1. The summed E-state index contributed by atoms with van der Waals surface area (Å²) in [5.41, 5.74) is 6.01. The Morgan fingerprint density at radius 2 is 1.59 bits per heavy atom. The van der Waals surface area contributed by atoms with Gasteiger partial charge in [0.2, 0.25) is 0 Å². The smallest absolute Gasteiger partial charge is 0.255 e. The average Bonchev–Trinajstić information content (AvgIpc) is 2.74. The van der Waals surface area contributed by atoms with Crippen LogP contribution in [0.2, 0.25) is 0 Å². The van der Waals surface area contributed by atoms with Crippen LogP contribution in [-0.2, 0) is 4.79 Å². The third-order valence-electron chi connectivity index (χ3n) is 4.75. The number of rotatable bonds is 10. The van der Waals surface area contributed by atoms with E-state index < -0.39 is 0 Å². The van der Waals surface area contributed by atoms with E-state index in [0.29, 0.717) is 11.3 Å². The van der Waals surface area contributed by atoms with Crippen molar-refractivity contribution >= 4 is 23.0 Å². The topological polar surface area (TPSA) is 47.9 Å². The molecule has 1 N–H and O–H groups in total. The van der Waals surface area contributed by atoms with Gasteiger partial charge in [-0.2, -0.15) is 0 Å². The minimum absolute atomic E-state index is 0.210. The number of amides is 1. The number of hydrogen-bond donors (Lipinski definition) is 1. The second-order valence-electron chi connectivity index (χ2n) is 7.89. The molecular weight excluding hydrogens is 396 g/mol. The Morgan fingerprint density at radius 3 is 2.06 bits per heavy atom. The van der Waals surface area contributed by atoms with Gasteiger partial charge in [0.1, 0.15) is 0 Å². The van der Waals surface area contributed by atoms with Crippen molar-refractivity contribution in [1.29, 1.82) is 0 Å². The van der Waals surface area contributed by atoms with Gasteiger partial charge in [-0.1, -0.05) is 31.9 Å². The standard InChI is InChI=1S/C27H36N4O/c1-11-23(27(32)29-24-14-16-25(17-15-24)31(9)10)18-26(19(2)3)28-22(6)20(4)12-13-21(5)30(7)8/h11-18H,2,4-5H2,1,3,6-10H3,(H,29,32)/b13-12-,23-11+,26-18+,28-22?. The number of nitrogens with one attached hydrogen (secondary N) is 1. The molecule has 0 aliphatic carbocycles. The molecule has 1 aromatic rings. The predicted molar refractivity (Wildman–Crippen MR) is 140 cm³/mol. The van der Waals surface area contributed by atoms with Crippen LogP contribution in [0.3, 0.4) is 0 Å². The van der Waals surface area contributed by atoms with Crippen molar-refractivity contribution < 1.29 is 4.79 Å². The van der Waals surface area contributed by atoms with Gasteiger partial charge in [-0.05, 0) is 68.3 Å². The van der Waals surface area contributed by atoms with E-state index in [1.165, 1.54) is 0 Å². The highest BCUT2D eigenvalue weighted by molar-refractivity contribution is 6.06. The Kier molecular flexibility index (Phi) is 10.2. The number of nitrogens with zero attached hydrogens (tertiary/aromatic N) is 3. The molecule has 32 heavy (non-hydrogen) atoms. The summed E-state index contributed by atoms with van der Waals surface area (Å²) in [6, 6.07) is 7.67. The molecule has 0 aliphatic rings. The van der Waals surface area contributed by atoms with E-state index >= 15 is 0 Å². The van der Waals surface area contributed by atoms with Crippen LogP contribution < -0.4 is 10.2 Å². The SMILES string of the molecule is C=C(/C=C\C(=C)N(C)C)C(C)=N/C(=C/C(=C\C)C(=O)Nc1ccc(N(C)C)cc1)C(=C)C. The lowest BCUT2D eigenvalue weighted by Gasteiger charge is -2.13. The van der Waals surface area contributed by atoms with Crippen LogP contribution in [0.4, 0.5) is 11.4 Å². The lowest BCUT2D eigenvalue weighted by molar-refractivity contribution is -0.112. The zero-order valence-corrected chi connectivity index (χ0v) is 20.5. The van der Waals surface area contributed by atoms with Crippen LogP contribution in [0.5, 0.6) is 0 Å². The lowest BCUT2D eigenvalue weighted by atomic mass is 10.1. The van der Waals surface area contributed by atoms with E-state index in [1.54, 1.807) is 12.2 Å². The molecule has 5 heteroatoms. The third-order valence-corrected chi connectivity index (χ3v) is 4.75. The number of carbonyl (C=O) groups excluding carboxylic acids is 1. The summed E-state index contributed by atoms with van der Waals surface area (Å²) >= 11 is 0. The molecule has 0 bridgehead atoms. The lowest BCUT2D eigenvalue weighted by Crippen LogP contribution is -2.14. The maximum atomic E-state index is 12.8. The van der Waals surface area contributed by atoms with Crippen LogP contribution in [-0.4, -0.2) is 44.7 Å². The van der Waals surface area contributed by atoms with Gasteiger partial charge in [-0.15, -0.1) is 0 Å². The normalized spacial score (nSPS) is 12.5. The number of likely N-dealkylation sites (N-methyl/N-ethyl adjacent to an activating group) is 1. The Bertz CT molecular complexity index is 987. The number of hydrogen-bond acceptors (Lipinski definition) is 4. The quantitative estimate of drug-likeness (QED) is 0.291. The van der Waals surface area contributed by atoms with Crippen molar-refractivity contribution in [3.63, 3.8) is 0 Å². The molecule has 0 spiro atoms. The van der Waals surface area contributed by atoms with Gasteiger partial charge in [0, 0.05) is 56.5 Å². The zero-order valence-electron chi connectivity index (χ0n) is 20.5. The first-order valence-electron chi connectivity index (χ1n) is 10.4. The van der Waals surface area contributed by atoms with Crippen LogP contribution >= 0.6 is 0 Å². The van der Waals surface area contributed by atoms with Gasteiger partial charge in [-0.25, -0.2) is 0 Å². The fourth-order valence-corrected chi connectivity index (χ4v) is 2.44. The van der Waals surface area contributed by atoms with E-state index in [0.717, 1.165) is 33.9 Å². The minimum atomic E-state index is -0.210. The highest BCUT2D eigenvalue weighted by atomic mass is 16.1. The molecule has 5 nitrogen and oxygen atoms in total. The number of carbonyl (C=O) groups is 1. The molecule has 0 radical (unpaired) electrons. The van der Waals surface area contributed by atoms with Gasteiger partial charge in [0.25, 0.3) is 5.91 Å². The second-order valence-corrected chi connectivity index (χ2v) is 7.89. The molecule has 0 aliphatic heterocycles. The molecule has 0 saturated carbocycles. The summed E-state index contributed by atoms with van der Waals surface area (Å²) in [6.07, 6.45) is 7.26. The maximum absolute atomic E-state index is 12.8. The van der Waals surface area contributed by atoms with Crippen molar-refractivity contribution in [3.05, 3.63) is 96.4 Å². The summed E-state index contributed by atoms with van der Waals surface area (Å²) in [6.45, 7) is 17.6. The van der Waals surface area contributed by atoms with Gasteiger partial charge >= 0.3 is 0 Å². The van der Waals surface area contributed by atoms with Gasteiger partial charge < -0.3 is 15.1 Å². The number of anilines is 2. The first-order valence-corrected chi connectivity index (χ1v) is 10.4. The van der Waals surface area contributed by atoms with E-state index in [2.05, 4.69) is 30.0 Å². The Balaban J connectivity index is 3.07. The van der Waals surface area contributed by atoms with Crippen LogP contribution in [0.25, 0.3) is 0 Å². The molecule has 0 atom stereocenters. The van der Waals surface area contributed by atoms with Gasteiger partial charge in [0.05, 0.1) is 5.70 Å². The summed E-state index contributed by atoms with van der Waals surface area (Å²) in [4.78, 5) is 21.4. The van der Waals surface area contributed by atoms with Gasteiger partial charge in [0.15, 0.2) is 0 Å². The molecule has 1 aromatic carbocycles. The molecule has 1 amide bonds. The summed E-state index contributed by atoms with van der Waals surface area (Å²) < 4.78 is 0. The largest absolute Gasteiger partial charge is 0.378 e. The molecule has 0 unspecified atom stereocenters.